The summed E-state index contributed by atoms with van der Waals surface area (Å²) in [5, 5.41) is 8.76. The Balaban J connectivity index is 1.94. The highest BCUT2D eigenvalue weighted by Crippen LogP contribution is 2.13. The molecule has 4 nitrogen and oxygen atoms in total. The standard InChI is InChI=1S/C11H16N2O2/c14-11(15)10-6-9(7-12-10)8-13-4-2-1-3-5-13/h6-7,12H,1-5,8H2,(H,14,15). The van der Waals surface area contributed by atoms with Gasteiger partial charge in [0.05, 0.1) is 0 Å². The zero-order valence-electron chi connectivity index (χ0n) is 8.70. The van der Waals surface area contributed by atoms with Gasteiger partial charge in [-0.05, 0) is 37.6 Å². The molecule has 1 aliphatic heterocycles. The molecule has 0 saturated carbocycles. The minimum Gasteiger partial charge on any atom is -0.477 e. The molecule has 0 unspecified atom stereocenters. The van der Waals surface area contributed by atoms with E-state index in [9.17, 15) is 4.79 Å². The van der Waals surface area contributed by atoms with E-state index >= 15 is 0 Å². The first-order chi connectivity index (χ1) is 7.25. The molecule has 1 saturated heterocycles. The first-order valence-corrected chi connectivity index (χ1v) is 5.38. The fraction of sp³-hybridized carbons (Fsp3) is 0.545. The van der Waals surface area contributed by atoms with Crippen LogP contribution in [0.25, 0.3) is 0 Å². The number of nitrogens with zero attached hydrogens (tertiary/aromatic N) is 1. The van der Waals surface area contributed by atoms with Crippen molar-refractivity contribution in [2.75, 3.05) is 13.1 Å². The van der Waals surface area contributed by atoms with E-state index in [1.165, 1.54) is 19.3 Å². The highest BCUT2D eigenvalue weighted by atomic mass is 16.4. The van der Waals surface area contributed by atoms with Crippen molar-refractivity contribution < 1.29 is 9.90 Å². The Labute approximate surface area is 88.9 Å². The Morgan fingerprint density at radius 2 is 2.13 bits per heavy atom. The third kappa shape index (κ3) is 2.59. The molecule has 0 aromatic carbocycles. The Hall–Kier alpha value is -1.29. The first kappa shape index (κ1) is 10.2. The van der Waals surface area contributed by atoms with Crippen LogP contribution in [-0.2, 0) is 6.54 Å². The minimum atomic E-state index is -0.889. The molecule has 15 heavy (non-hydrogen) atoms. The number of carbonyl (C=O) groups is 1. The summed E-state index contributed by atoms with van der Waals surface area (Å²) in [6.07, 6.45) is 5.63. The van der Waals surface area contributed by atoms with Gasteiger partial charge in [-0.25, -0.2) is 4.79 Å². The largest absolute Gasteiger partial charge is 0.477 e. The van der Waals surface area contributed by atoms with E-state index in [1.807, 2.05) is 0 Å². The molecule has 0 radical (unpaired) electrons. The zero-order chi connectivity index (χ0) is 10.7. The molecule has 82 valence electrons. The number of aromatic nitrogens is 1. The molecule has 1 aromatic rings. The van der Waals surface area contributed by atoms with E-state index in [2.05, 4.69) is 9.88 Å². The number of likely N-dealkylation sites (tertiary alicyclic amines) is 1. The van der Waals surface area contributed by atoms with Crippen molar-refractivity contribution in [1.82, 2.24) is 9.88 Å². The van der Waals surface area contributed by atoms with E-state index in [4.69, 9.17) is 5.11 Å². The summed E-state index contributed by atoms with van der Waals surface area (Å²) in [6, 6.07) is 1.72. The molecule has 0 bridgehead atoms. The normalized spacial score (nSPS) is 17.9. The molecule has 1 aliphatic rings. The van der Waals surface area contributed by atoms with E-state index in [0.29, 0.717) is 0 Å². The number of carboxylic acids is 1. The number of piperidine rings is 1. The third-order valence-electron chi connectivity index (χ3n) is 2.83. The van der Waals surface area contributed by atoms with Gasteiger partial charge in [0.2, 0.25) is 0 Å². The molecule has 0 atom stereocenters. The summed E-state index contributed by atoms with van der Waals surface area (Å²) in [5.41, 5.74) is 1.34. The van der Waals surface area contributed by atoms with Crippen molar-refractivity contribution in [2.45, 2.75) is 25.8 Å². The second-order valence-electron chi connectivity index (χ2n) is 4.06. The fourth-order valence-corrected chi connectivity index (χ4v) is 2.03. The Bertz CT molecular complexity index is 340. The van der Waals surface area contributed by atoms with E-state index < -0.39 is 5.97 Å². The van der Waals surface area contributed by atoms with Gasteiger partial charge >= 0.3 is 5.97 Å². The summed E-state index contributed by atoms with van der Waals surface area (Å²) in [5.74, 6) is -0.889. The lowest BCUT2D eigenvalue weighted by Gasteiger charge is -2.25. The Kier molecular flexibility index (Phi) is 3.06. The maximum absolute atomic E-state index is 10.7. The summed E-state index contributed by atoms with van der Waals surface area (Å²) < 4.78 is 0. The van der Waals surface area contributed by atoms with Crippen LogP contribution in [0.15, 0.2) is 12.3 Å². The Morgan fingerprint density at radius 1 is 1.40 bits per heavy atom. The van der Waals surface area contributed by atoms with Gasteiger partial charge in [-0.3, -0.25) is 4.90 Å². The number of rotatable bonds is 3. The molecule has 1 aromatic heterocycles. The molecular formula is C11H16N2O2. The number of H-pyrrole nitrogens is 1. The minimum absolute atomic E-state index is 0.280. The monoisotopic (exact) mass is 208 g/mol. The van der Waals surface area contributed by atoms with Crippen molar-refractivity contribution in [3.05, 3.63) is 23.5 Å². The summed E-state index contributed by atoms with van der Waals surface area (Å²) in [6.45, 7) is 3.13. The van der Waals surface area contributed by atoms with Crippen LogP contribution in [0.5, 0.6) is 0 Å². The lowest BCUT2D eigenvalue weighted by Crippen LogP contribution is -2.28. The number of nitrogens with one attached hydrogen (secondary N) is 1. The van der Waals surface area contributed by atoms with Gasteiger partial charge in [0.15, 0.2) is 0 Å². The highest BCUT2D eigenvalue weighted by molar-refractivity contribution is 5.85. The molecule has 0 amide bonds. The van der Waals surface area contributed by atoms with Crippen LogP contribution in [0.1, 0.15) is 35.3 Å². The molecule has 2 N–H and O–H groups in total. The molecule has 0 spiro atoms. The van der Waals surface area contributed by atoms with E-state index in [-0.39, 0.29) is 5.69 Å². The predicted octanol–water partition coefficient (Wildman–Crippen LogP) is 1.70. The van der Waals surface area contributed by atoms with Crippen LogP contribution in [0.2, 0.25) is 0 Å². The SMILES string of the molecule is O=C(O)c1cc(CN2CCCCC2)c[nH]1. The number of aromatic carboxylic acids is 1. The maximum Gasteiger partial charge on any atom is 0.352 e. The van der Waals surface area contributed by atoms with Crippen LogP contribution in [-0.4, -0.2) is 34.0 Å². The van der Waals surface area contributed by atoms with Crippen molar-refractivity contribution in [2.24, 2.45) is 0 Å². The average molecular weight is 208 g/mol. The molecule has 2 rings (SSSR count). The topological polar surface area (TPSA) is 56.3 Å². The maximum atomic E-state index is 10.7. The summed E-state index contributed by atoms with van der Waals surface area (Å²) in [4.78, 5) is 15.8. The number of hydrogen-bond donors (Lipinski definition) is 2. The summed E-state index contributed by atoms with van der Waals surface area (Å²) in [7, 11) is 0. The molecule has 0 aliphatic carbocycles. The average Bonchev–Trinajstić information content (AvgIpc) is 2.68. The van der Waals surface area contributed by atoms with Crippen molar-refractivity contribution >= 4 is 5.97 Å². The fourth-order valence-electron chi connectivity index (χ4n) is 2.03. The van der Waals surface area contributed by atoms with Crippen LogP contribution in [0, 0.1) is 0 Å². The smallest absolute Gasteiger partial charge is 0.352 e. The van der Waals surface area contributed by atoms with E-state index in [1.54, 1.807) is 12.3 Å². The number of aromatic amines is 1. The predicted molar refractivity (Wildman–Crippen MR) is 56.9 cm³/mol. The van der Waals surface area contributed by atoms with Crippen LogP contribution < -0.4 is 0 Å². The van der Waals surface area contributed by atoms with Crippen LogP contribution in [0.4, 0.5) is 0 Å². The van der Waals surface area contributed by atoms with Gasteiger partial charge in [-0.2, -0.15) is 0 Å². The van der Waals surface area contributed by atoms with E-state index in [0.717, 1.165) is 25.2 Å². The summed E-state index contributed by atoms with van der Waals surface area (Å²) >= 11 is 0. The highest BCUT2D eigenvalue weighted by Gasteiger charge is 2.12. The second-order valence-corrected chi connectivity index (χ2v) is 4.06. The van der Waals surface area contributed by atoms with Crippen molar-refractivity contribution in [3.63, 3.8) is 0 Å². The Morgan fingerprint density at radius 3 is 2.73 bits per heavy atom. The second kappa shape index (κ2) is 4.49. The van der Waals surface area contributed by atoms with Gasteiger partial charge in [-0.1, -0.05) is 6.42 Å². The van der Waals surface area contributed by atoms with Gasteiger partial charge in [-0.15, -0.1) is 0 Å². The number of hydrogen-bond acceptors (Lipinski definition) is 2. The number of carboxylic acid groups (broad SMARTS) is 1. The zero-order valence-corrected chi connectivity index (χ0v) is 8.70. The van der Waals surface area contributed by atoms with Crippen molar-refractivity contribution in [3.8, 4) is 0 Å². The first-order valence-electron chi connectivity index (χ1n) is 5.38. The lowest BCUT2D eigenvalue weighted by molar-refractivity contribution is 0.0691. The lowest BCUT2D eigenvalue weighted by atomic mass is 10.1. The van der Waals surface area contributed by atoms with Gasteiger partial charge < -0.3 is 10.1 Å². The van der Waals surface area contributed by atoms with Gasteiger partial charge in [0, 0.05) is 12.7 Å². The molecule has 1 fully saturated rings. The van der Waals surface area contributed by atoms with Crippen LogP contribution >= 0.6 is 0 Å². The molecular weight excluding hydrogens is 192 g/mol. The third-order valence-corrected chi connectivity index (χ3v) is 2.83. The van der Waals surface area contributed by atoms with Crippen LogP contribution in [0.3, 0.4) is 0 Å². The van der Waals surface area contributed by atoms with Gasteiger partial charge in [0.1, 0.15) is 5.69 Å². The molecule has 4 heteroatoms. The molecule has 2 heterocycles. The van der Waals surface area contributed by atoms with Crippen molar-refractivity contribution in [1.29, 1.82) is 0 Å². The van der Waals surface area contributed by atoms with Gasteiger partial charge in [0.25, 0.3) is 0 Å². The quantitative estimate of drug-likeness (QED) is 0.794.